The molecule has 0 aromatic carbocycles. The van der Waals surface area contributed by atoms with Gasteiger partial charge in [-0.1, -0.05) is 30.1 Å². The van der Waals surface area contributed by atoms with Gasteiger partial charge in [0.25, 0.3) is 0 Å². The van der Waals surface area contributed by atoms with Crippen molar-refractivity contribution in [2.75, 3.05) is 26.2 Å². The molecule has 1 aromatic heterocycles. The highest BCUT2D eigenvalue weighted by atomic mass is 35.5. The number of hydrogen-bond donors (Lipinski definition) is 1. The normalized spacial score (nSPS) is 17.1. The van der Waals surface area contributed by atoms with Crippen molar-refractivity contribution in [3.63, 3.8) is 0 Å². The summed E-state index contributed by atoms with van der Waals surface area (Å²) in [6.07, 6.45) is 4.32. The van der Waals surface area contributed by atoms with Crippen LogP contribution in [0.5, 0.6) is 0 Å². The maximum Gasteiger partial charge on any atom is 0.130 e. The third-order valence-electron chi connectivity index (χ3n) is 3.71. The molecule has 1 N–H and O–H groups in total. The topological polar surface area (TPSA) is 28.2 Å². The van der Waals surface area contributed by atoms with E-state index in [4.69, 9.17) is 23.2 Å². The monoisotopic (exact) mass is 301 g/mol. The molecule has 1 aromatic rings. The van der Waals surface area contributed by atoms with Gasteiger partial charge >= 0.3 is 0 Å². The molecule has 5 heteroatoms. The molecular formula is C14H21Cl2N3. The van der Waals surface area contributed by atoms with E-state index in [0.717, 1.165) is 44.2 Å². The van der Waals surface area contributed by atoms with Gasteiger partial charge in [-0.15, -0.1) is 0 Å². The van der Waals surface area contributed by atoms with Crippen LogP contribution in [0.25, 0.3) is 0 Å². The fourth-order valence-electron chi connectivity index (χ4n) is 2.53. The highest BCUT2D eigenvalue weighted by molar-refractivity contribution is 6.34. The van der Waals surface area contributed by atoms with E-state index in [-0.39, 0.29) is 0 Å². The van der Waals surface area contributed by atoms with Gasteiger partial charge in [-0.3, -0.25) is 4.90 Å². The van der Waals surface area contributed by atoms with E-state index in [0.29, 0.717) is 10.2 Å². The number of aromatic nitrogens is 1. The molecule has 0 spiro atoms. The number of rotatable bonds is 5. The summed E-state index contributed by atoms with van der Waals surface area (Å²) in [5.74, 6) is 0.792. The first kappa shape index (κ1) is 15.0. The molecule has 19 heavy (non-hydrogen) atoms. The molecule has 1 aliphatic heterocycles. The molecule has 0 radical (unpaired) electrons. The Balaban J connectivity index is 1.94. The van der Waals surface area contributed by atoms with Gasteiger partial charge in [-0.25, -0.2) is 4.98 Å². The van der Waals surface area contributed by atoms with E-state index in [1.165, 1.54) is 12.8 Å². The second-order valence-corrected chi connectivity index (χ2v) is 5.91. The van der Waals surface area contributed by atoms with Crippen LogP contribution >= 0.6 is 23.2 Å². The zero-order valence-electron chi connectivity index (χ0n) is 11.3. The van der Waals surface area contributed by atoms with E-state index >= 15 is 0 Å². The standard InChI is InChI=1S/C14H21Cl2N3/c1-2-19(9-11-3-5-17-6-4-11)10-12-8-18-14(16)7-13(12)15/h7-8,11,17H,2-6,9-10H2,1H3. The van der Waals surface area contributed by atoms with Crippen LogP contribution in [0.1, 0.15) is 25.3 Å². The number of piperidine rings is 1. The molecule has 3 nitrogen and oxygen atoms in total. The molecule has 1 aliphatic rings. The van der Waals surface area contributed by atoms with Gasteiger partial charge in [0.2, 0.25) is 0 Å². The maximum atomic E-state index is 6.21. The van der Waals surface area contributed by atoms with Gasteiger partial charge in [0, 0.05) is 29.9 Å². The molecular weight excluding hydrogens is 281 g/mol. The molecule has 0 amide bonds. The molecule has 2 heterocycles. The molecule has 106 valence electrons. The minimum Gasteiger partial charge on any atom is -0.317 e. The van der Waals surface area contributed by atoms with Crippen LogP contribution in [0.2, 0.25) is 10.2 Å². The van der Waals surface area contributed by atoms with Crippen molar-refractivity contribution in [2.24, 2.45) is 5.92 Å². The van der Waals surface area contributed by atoms with Crippen molar-refractivity contribution in [2.45, 2.75) is 26.3 Å². The molecule has 1 fully saturated rings. The van der Waals surface area contributed by atoms with E-state index in [1.54, 1.807) is 12.3 Å². The van der Waals surface area contributed by atoms with Gasteiger partial charge in [0.15, 0.2) is 0 Å². The summed E-state index contributed by atoms with van der Waals surface area (Å²) in [6.45, 7) is 7.50. The van der Waals surface area contributed by atoms with Crippen molar-refractivity contribution in [1.82, 2.24) is 15.2 Å². The zero-order chi connectivity index (χ0) is 13.7. The first-order chi connectivity index (χ1) is 9.19. The Bertz CT molecular complexity index is 406. The first-order valence-electron chi connectivity index (χ1n) is 6.92. The van der Waals surface area contributed by atoms with Crippen molar-refractivity contribution in [3.05, 3.63) is 28.0 Å². The van der Waals surface area contributed by atoms with Crippen LogP contribution in [0.3, 0.4) is 0 Å². The Morgan fingerprint density at radius 3 is 2.74 bits per heavy atom. The number of halogens is 2. The van der Waals surface area contributed by atoms with Crippen LogP contribution in [0, 0.1) is 5.92 Å². The highest BCUT2D eigenvalue weighted by Gasteiger charge is 2.17. The first-order valence-corrected chi connectivity index (χ1v) is 7.67. The fraction of sp³-hybridized carbons (Fsp3) is 0.643. The number of nitrogens with one attached hydrogen (secondary N) is 1. The number of pyridine rings is 1. The zero-order valence-corrected chi connectivity index (χ0v) is 12.8. The average molecular weight is 302 g/mol. The van der Waals surface area contributed by atoms with Crippen LogP contribution in [0.4, 0.5) is 0 Å². The lowest BCUT2D eigenvalue weighted by atomic mass is 9.97. The minimum absolute atomic E-state index is 0.454. The number of hydrogen-bond acceptors (Lipinski definition) is 3. The average Bonchev–Trinajstić information content (AvgIpc) is 2.42. The predicted molar refractivity (Wildman–Crippen MR) is 80.8 cm³/mol. The summed E-state index contributed by atoms with van der Waals surface area (Å²) in [5, 5.41) is 4.57. The summed E-state index contributed by atoms with van der Waals surface area (Å²) in [6, 6.07) is 1.72. The Labute approximate surface area is 125 Å². The van der Waals surface area contributed by atoms with Crippen LogP contribution < -0.4 is 5.32 Å². The molecule has 0 aliphatic carbocycles. The van der Waals surface area contributed by atoms with Gasteiger partial charge in [0.05, 0.1) is 0 Å². The lowest BCUT2D eigenvalue weighted by molar-refractivity contribution is 0.207. The quantitative estimate of drug-likeness (QED) is 0.847. The molecule has 0 atom stereocenters. The van der Waals surface area contributed by atoms with Gasteiger partial charge in [-0.05, 0) is 44.5 Å². The highest BCUT2D eigenvalue weighted by Crippen LogP contribution is 2.21. The summed E-state index contributed by atoms with van der Waals surface area (Å²) in [5.41, 5.74) is 1.06. The molecule has 0 unspecified atom stereocenters. The van der Waals surface area contributed by atoms with Crippen molar-refractivity contribution >= 4 is 23.2 Å². The Morgan fingerprint density at radius 2 is 2.11 bits per heavy atom. The van der Waals surface area contributed by atoms with Crippen LogP contribution in [0.15, 0.2) is 12.3 Å². The van der Waals surface area contributed by atoms with E-state index in [9.17, 15) is 0 Å². The lowest BCUT2D eigenvalue weighted by Crippen LogP contribution is -2.36. The predicted octanol–water partition coefficient (Wildman–Crippen LogP) is 3.21. The van der Waals surface area contributed by atoms with Gasteiger partial charge in [0.1, 0.15) is 5.15 Å². The minimum atomic E-state index is 0.454. The fourth-order valence-corrected chi connectivity index (χ4v) is 2.95. The van der Waals surface area contributed by atoms with Crippen LogP contribution in [-0.4, -0.2) is 36.1 Å². The van der Waals surface area contributed by atoms with Crippen molar-refractivity contribution in [1.29, 1.82) is 0 Å². The Hall–Kier alpha value is -0.350. The number of nitrogens with zero attached hydrogens (tertiary/aromatic N) is 2. The third kappa shape index (κ3) is 4.60. The second-order valence-electron chi connectivity index (χ2n) is 5.12. The summed E-state index contributed by atoms with van der Waals surface area (Å²) >= 11 is 12.0. The summed E-state index contributed by atoms with van der Waals surface area (Å²) < 4.78 is 0. The Morgan fingerprint density at radius 1 is 1.37 bits per heavy atom. The maximum absolute atomic E-state index is 6.21. The van der Waals surface area contributed by atoms with Crippen molar-refractivity contribution < 1.29 is 0 Å². The summed E-state index contributed by atoms with van der Waals surface area (Å²) in [4.78, 5) is 6.56. The SMILES string of the molecule is CCN(Cc1cnc(Cl)cc1Cl)CC1CCNCC1. The van der Waals surface area contributed by atoms with Crippen LogP contribution in [-0.2, 0) is 6.54 Å². The van der Waals surface area contributed by atoms with E-state index in [2.05, 4.69) is 22.1 Å². The van der Waals surface area contributed by atoms with E-state index in [1.807, 2.05) is 0 Å². The molecule has 2 rings (SSSR count). The largest absolute Gasteiger partial charge is 0.317 e. The van der Waals surface area contributed by atoms with Gasteiger partial charge in [-0.2, -0.15) is 0 Å². The third-order valence-corrected chi connectivity index (χ3v) is 4.27. The Kier molecular flexibility index (Phi) is 5.89. The molecule has 0 saturated carbocycles. The van der Waals surface area contributed by atoms with Gasteiger partial charge < -0.3 is 5.32 Å². The molecule has 1 saturated heterocycles. The lowest BCUT2D eigenvalue weighted by Gasteiger charge is -2.29. The van der Waals surface area contributed by atoms with E-state index < -0.39 is 0 Å². The van der Waals surface area contributed by atoms with Crippen molar-refractivity contribution in [3.8, 4) is 0 Å². The second kappa shape index (κ2) is 7.44. The smallest absolute Gasteiger partial charge is 0.130 e. The summed E-state index contributed by atoms with van der Waals surface area (Å²) in [7, 11) is 0. The molecule has 0 bridgehead atoms.